The number of aryl methyl sites for hydroxylation is 1. The highest BCUT2D eigenvalue weighted by Gasteiger charge is 2.18. The van der Waals surface area contributed by atoms with Crippen molar-refractivity contribution in [3.8, 4) is 0 Å². The molecule has 1 aliphatic rings. The minimum Gasteiger partial charge on any atom is -0.450 e. The highest BCUT2D eigenvalue weighted by Crippen LogP contribution is 2.15. The number of esters is 1. The highest BCUT2D eigenvalue weighted by atomic mass is 16.5. The third kappa shape index (κ3) is 4.24. The molecule has 7 heteroatoms. The average molecular weight is 345 g/mol. The number of hydrogen-bond acceptors (Lipinski definition) is 6. The van der Waals surface area contributed by atoms with Gasteiger partial charge in [-0.05, 0) is 31.9 Å². The van der Waals surface area contributed by atoms with Crippen molar-refractivity contribution in [1.29, 1.82) is 0 Å². The van der Waals surface area contributed by atoms with E-state index in [0.29, 0.717) is 24.1 Å². The molecule has 1 amide bonds. The monoisotopic (exact) mass is 345 g/mol. The summed E-state index contributed by atoms with van der Waals surface area (Å²) in [6, 6.07) is 6.17. The highest BCUT2D eigenvalue weighted by molar-refractivity contribution is 5.90. The van der Waals surface area contributed by atoms with Crippen LogP contribution in [0, 0.1) is 6.92 Å². The SMILES string of the molecule is Cc1ccc2oc(C(=O)OCC(=O)NC[C@H]3CCCO3)cc(=O)c2c1. The number of nitrogens with one attached hydrogen (secondary N) is 1. The number of fused-ring (bicyclic) bond motifs is 1. The first-order chi connectivity index (χ1) is 12.0. The van der Waals surface area contributed by atoms with E-state index >= 15 is 0 Å². The normalized spacial score (nSPS) is 16.8. The predicted molar refractivity (Wildman–Crippen MR) is 89.5 cm³/mol. The van der Waals surface area contributed by atoms with Crippen LogP contribution in [0.3, 0.4) is 0 Å². The summed E-state index contributed by atoms with van der Waals surface area (Å²) in [5, 5.41) is 3.04. The fourth-order valence-electron chi connectivity index (χ4n) is 2.66. The maximum Gasteiger partial charge on any atom is 0.374 e. The number of carbonyl (C=O) groups excluding carboxylic acids is 2. The molecule has 0 spiro atoms. The summed E-state index contributed by atoms with van der Waals surface area (Å²) < 4.78 is 15.7. The zero-order valence-electron chi connectivity index (χ0n) is 13.9. The Hall–Kier alpha value is -2.67. The minimum absolute atomic E-state index is 0.0154. The van der Waals surface area contributed by atoms with E-state index < -0.39 is 18.5 Å². The van der Waals surface area contributed by atoms with Crippen molar-refractivity contribution < 1.29 is 23.5 Å². The van der Waals surface area contributed by atoms with Crippen molar-refractivity contribution in [3.05, 3.63) is 45.8 Å². The Kier molecular flexibility index (Phi) is 5.14. The molecule has 1 N–H and O–H groups in total. The molecule has 0 aliphatic carbocycles. The fourth-order valence-corrected chi connectivity index (χ4v) is 2.66. The van der Waals surface area contributed by atoms with Crippen LogP contribution in [0.25, 0.3) is 11.0 Å². The van der Waals surface area contributed by atoms with Gasteiger partial charge in [0.25, 0.3) is 5.91 Å². The maximum absolute atomic E-state index is 12.1. The van der Waals surface area contributed by atoms with Crippen molar-refractivity contribution >= 4 is 22.8 Å². The largest absolute Gasteiger partial charge is 0.450 e. The van der Waals surface area contributed by atoms with E-state index in [1.54, 1.807) is 18.2 Å². The van der Waals surface area contributed by atoms with Gasteiger partial charge in [0.2, 0.25) is 5.76 Å². The Morgan fingerprint density at radius 2 is 2.16 bits per heavy atom. The minimum atomic E-state index is -0.855. The first-order valence-electron chi connectivity index (χ1n) is 8.13. The third-order valence-electron chi connectivity index (χ3n) is 3.97. The van der Waals surface area contributed by atoms with Crippen LogP contribution in [0.1, 0.15) is 29.0 Å². The molecule has 3 rings (SSSR count). The fraction of sp³-hybridized carbons (Fsp3) is 0.389. The Morgan fingerprint density at radius 3 is 2.92 bits per heavy atom. The molecular formula is C18H19NO6. The van der Waals surface area contributed by atoms with Crippen LogP contribution in [0.5, 0.6) is 0 Å². The lowest BCUT2D eigenvalue weighted by Crippen LogP contribution is -2.34. The van der Waals surface area contributed by atoms with Gasteiger partial charge >= 0.3 is 5.97 Å². The standard InChI is InChI=1S/C18H19NO6/c1-11-4-5-15-13(7-11)14(20)8-16(25-15)18(22)24-10-17(21)19-9-12-3-2-6-23-12/h4-5,7-8,12H,2-3,6,9-10H2,1H3,(H,19,21)/t12-/m1/s1. The Bertz CT molecular complexity index is 850. The molecule has 0 radical (unpaired) electrons. The molecule has 2 aromatic rings. The van der Waals surface area contributed by atoms with Crippen molar-refractivity contribution in [2.75, 3.05) is 19.8 Å². The first kappa shape index (κ1) is 17.2. The lowest BCUT2D eigenvalue weighted by atomic mass is 10.1. The zero-order chi connectivity index (χ0) is 17.8. The van der Waals surface area contributed by atoms with Gasteiger partial charge in [-0.2, -0.15) is 0 Å². The van der Waals surface area contributed by atoms with E-state index in [9.17, 15) is 14.4 Å². The van der Waals surface area contributed by atoms with Gasteiger partial charge in [0.05, 0.1) is 11.5 Å². The van der Waals surface area contributed by atoms with Gasteiger partial charge in [0.15, 0.2) is 12.0 Å². The van der Waals surface area contributed by atoms with Gasteiger partial charge in [-0.1, -0.05) is 11.6 Å². The van der Waals surface area contributed by atoms with Crippen molar-refractivity contribution in [2.24, 2.45) is 0 Å². The quantitative estimate of drug-likeness (QED) is 0.826. The molecule has 2 heterocycles. The van der Waals surface area contributed by atoms with Crippen LogP contribution >= 0.6 is 0 Å². The molecule has 1 atom stereocenters. The number of hydrogen-bond donors (Lipinski definition) is 1. The van der Waals surface area contributed by atoms with Gasteiger partial charge in [0.1, 0.15) is 5.58 Å². The van der Waals surface area contributed by atoms with Crippen LogP contribution in [-0.2, 0) is 14.3 Å². The van der Waals surface area contributed by atoms with E-state index in [-0.39, 0.29) is 17.3 Å². The van der Waals surface area contributed by atoms with Gasteiger partial charge in [0, 0.05) is 19.2 Å². The van der Waals surface area contributed by atoms with Crippen molar-refractivity contribution in [3.63, 3.8) is 0 Å². The Labute approximate surface area is 143 Å². The summed E-state index contributed by atoms with van der Waals surface area (Å²) in [4.78, 5) is 35.8. The molecule has 132 valence electrons. The summed E-state index contributed by atoms with van der Waals surface area (Å²) in [7, 11) is 0. The van der Waals surface area contributed by atoms with Crippen LogP contribution in [0.15, 0.2) is 33.5 Å². The van der Waals surface area contributed by atoms with Crippen molar-refractivity contribution in [1.82, 2.24) is 5.32 Å². The molecule has 0 saturated carbocycles. The lowest BCUT2D eigenvalue weighted by molar-refractivity contribution is -0.124. The second-order valence-electron chi connectivity index (χ2n) is 5.99. The first-order valence-corrected chi connectivity index (χ1v) is 8.13. The zero-order valence-corrected chi connectivity index (χ0v) is 13.9. The van der Waals surface area contributed by atoms with Crippen molar-refractivity contribution in [2.45, 2.75) is 25.9 Å². The molecule has 1 aromatic carbocycles. The van der Waals surface area contributed by atoms with E-state index in [4.69, 9.17) is 13.9 Å². The average Bonchev–Trinajstić information content (AvgIpc) is 3.12. The third-order valence-corrected chi connectivity index (χ3v) is 3.97. The van der Waals surface area contributed by atoms with Crippen LogP contribution < -0.4 is 10.7 Å². The Morgan fingerprint density at radius 1 is 1.32 bits per heavy atom. The van der Waals surface area contributed by atoms with Gasteiger partial charge < -0.3 is 19.2 Å². The van der Waals surface area contributed by atoms with E-state index in [1.165, 1.54) is 0 Å². The molecular weight excluding hydrogens is 326 g/mol. The topological polar surface area (TPSA) is 94.8 Å². The van der Waals surface area contributed by atoms with Crippen LogP contribution in [0.2, 0.25) is 0 Å². The van der Waals surface area contributed by atoms with E-state index in [0.717, 1.165) is 24.5 Å². The molecule has 0 bridgehead atoms. The summed E-state index contributed by atoms with van der Waals surface area (Å²) in [6.45, 7) is 2.51. The number of ether oxygens (including phenoxy) is 2. The summed E-state index contributed by atoms with van der Waals surface area (Å²) in [5.74, 6) is -1.51. The molecule has 0 unspecified atom stereocenters. The lowest BCUT2D eigenvalue weighted by Gasteiger charge is -2.10. The smallest absolute Gasteiger partial charge is 0.374 e. The molecule has 1 fully saturated rings. The van der Waals surface area contributed by atoms with Gasteiger partial charge in [-0.3, -0.25) is 9.59 Å². The van der Waals surface area contributed by atoms with Gasteiger partial charge in [-0.15, -0.1) is 0 Å². The summed E-state index contributed by atoms with van der Waals surface area (Å²) in [6.07, 6.45) is 1.90. The maximum atomic E-state index is 12.1. The van der Waals surface area contributed by atoms with Crippen LogP contribution in [0.4, 0.5) is 0 Å². The molecule has 1 saturated heterocycles. The van der Waals surface area contributed by atoms with Crippen LogP contribution in [-0.4, -0.2) is 37.7 Å². The van der Waals surface area contributed by atoms with E-state index in [2.05, 4.69) is 5.32 Å². The Balaban J connectivity index is 1.59. The number of amides is 1. The number of carbonyl (C=O) groups is 2. The number of benzene rings is 1. The second-order valence-corrected chi connectivity index (χ2v) is 5.99. The molecule has 1 aromatic heterocycles. The predicted octanol–water partition coefficient (Wildman–Crippen LogP) is 1.55. The summed E-state index contributed by atoms with van der Waals surface area (Å²) >= 11 is 0. The number of rotatable bonds is 5. The second kappa shape index (κ2) is 7.48. The molecule has 25 heavy (non-hydrogen) atoms. The summed E-state index contributed by atoms with van der Waals surface area (Å²) in [5.41, 5.74) is 0.880. The van der Waals surface area contributed by atoms with E-state index in [1.807, 2.05) is 6.92 Å². The van der Waals surface area contributed by atoms with Gasteiger partial charge in [-0.25, -0.2) is 4.79 Å². The molecule has 1 aliphatic heterocycles. The molecule has 7 nitrogen and oxygen atoms in total.